The van der Waals surface area contributed by atoms with Gasteiger partial charge in [-0.05, 0) is 23.6 Å². The molecule has 0 aromatic heterocycles. The first-order chi connectivity index (χ1) is 6.63. The largest absolute Gasteiger partial charge is 0.392 e. The molecule has 1 aromatic rings. The Morgan fingerprint density at radius 2 is 2.29 bits per heavy atom. The van der Waals surface area contributed by atoms with E-state index in [9.17, 15) is 10.1 Å². The Bertz CT molecular complexity index is 372. The molecule has 0 saturated heterocycles. The van der Waals surface area contributed by atoms with Crippen LogP contribution in [0, 0.1) is 17.0 Å². The van der Waals surface area contributed by atoms with Crippen LogP contribution in [0.1, 0.15) is 16.7 Å². The second kappa shape index (κ2) is 4.53. The van der Waals surface area contributed by atoms with E-state index in [0.29, 0.717) is 0 Å². The van der Waals surface area contributed by atoms with Crippen molar-refractivity contribution in [3.05, 3.63) is 51.2 Å². The van der Waals surface area contributed by atoms with Crippen molar-refractivity contribution in [2.45, 2.75) is 13.5 Å². The molecule has 1 aromatic carbocycles. The van der Waals surface area contributed by atoms with Crippen molar-refractivity contribution in [2.24, 2.45) is 0 Å². The third-order valence-electron chi connectivity index (χ3n) is 1.93. The smallest absolute Gasteiger partial charge is 0.235 e. The SMILES string of the molecule is Cc1cc(/C=C/[N+](=O)[O-])ccc1CO. The summed E-state index contributed by atoms with van der Waals surface area (Å²) < 4.78 is 0. The van der Waals surface area contributed by atoms with Crippen molar-refractivity contribution in [3.63, 3.8) is 0 Å². The van der Waals surface area contributed by atoms with Gasteiger partial charge in [0.2, 0.25) is 6.20 Å². The average Bonchev–Trinajstić information content (AvgIpc) is 2.15. The van der Waals surface area contributed by atoms with Crippen LogP contribution in [-0.4, -0.2) is 10.0 Å². The van der Waals surface area contributed by atoms with Gasteiger partial charge < -0.3 is 5.11 Å². The molecule has 0 saturated carbocycles. The predicted molar refractivity (Wildman–Crippen MR) is 53.1 cm³/mol. The van der Waals surface area contributed by atoms with Crippen LogP contribution in [0.4, 0.5) is 0 Å². The van der Waals surface area contributed by atoms with Gasteiger partial charge in [-0.3, -0.25) is 10.1 Å². The highest BCUT2D eigenvalue weighted by Gasteiger charge is 1.97. The monoisotopic (exact) mass is 193 g/mol. The molecule has 0 amide bonds. The van der Waals surface area contributed by atoms with Crippen LogP contribution < -0.4 is 0 Å². The van der Waals surface area contributed by atoms with Crippen LogP contribution >= 0.6 is 0 Å². The van der Waals surface area contributed by atoms with Crippen molar-refractivity contribution >= 4 is 6.08 Å². The maximum absolute atomic E-state index is 10.1. The molecule has 0 unspecified atom stereocenters. The molecule has 0 aliphatic carbocycles. The highest BCUT2D eigenvalue weighted by atomic mass is 16.6. The lowest BCUT2D eigenvalue weighted by Gasteiger charge is -2.02. The standard InChI is InChI=1S/C10H11NO3/c1-8-6-9(4-5-11(13)14)2-3-10(8)7-12/h2-6,12H,7H2,1H3/b5-4+. The van der Waals surface area contributed by atoms with Crippen LogP contribution in [0.3, 0.4) is 0 Å². The van der Waals surface area contributed by atoms with Gasteiger partial charge in [0.1, 0.15) is 0 Å². The molecule has 0 aliphatic rings. The maximum Gasteiger partial charge on any atom is 0.235 e. The zero-order valence-corrected chi connectivity index (χ0v) is 7.80. The van der Waals surface area contributed by atoms with Crippen molar-refractivity contribution in [1.29, 1.82) is 0 Å². The molecule has 0 aliphatic heterocycles. The molecule has 74 valence electrons. The third kappa shape index (κ3) is 2.67. The van der Waals surface area contributed by atoms with E-state index in [-0.39, 0.29) is 6.61 Å². The first-order valence-electron chi connectivity index (χ1n) is 4.15. The molecule has 0 spiro atoms. The van der Waals surface area contributed by atoms with E-state index in [2.05, 4.69) is 0 Å². The Morgan fingerprint density at radius 1 is 1.57 bits per heavy atom. The van der Waals surface area contributed by atoms with Gasteiger partial charge in [0.05, 0.1) is 11.5 Å². The van der Waals surface area contributed by atoms with Gasteiger partial charge in [0.25, 0.3) is 0 Å². The molecule has 0 atom stereocenters. The number of aryl methyl sites for hydroxylation is 1. The Kier molecular flexibility index (Phi) is 3.36. The fraction of sp³-hybridized carbons (Fsp3) is 0.200. The number of aliphatic hydroxyl groups is 1. The highest BCUT2D eigenvalue weighted by molar-refractivity contribution is 5.50. The molecule has 0 radical (unpaired) electrons. The average molecular weight is 193 g/mol. The number of rotatable bonds is 3. The minimum atomic E-state index is -0.505. The Balaban J connectivity index is 2.91. The van der Waals surface area contributed by atoms with Crippen molar-refractivity contribution in [2.75, 3.05) is 0 Å². The molecule has 4 nitrogen and oxygen atoms in total. The number of nitrogens with zero attached hydrogens (tertiary/aromatic N) is 1. The van der Waals surface area contributed by atoms with Gasteiger partial charge >= 0.3 is 0 Å². The van der Waals surface area contributed by atoms with Crippen LogP contribution in [0.25, 0.3) is 6.08 Å². The Hall–Kier alpha value is -1.68. The van der Waals surface area contributed by atoms with Gasteiger partial charge in [-0.25, -0.2) is 0 Å². The molecule has 1 N–H and O–H groups in total. The first kappa shape index (κ1) is 10.4. The van der Waals surface area contributed by atoms with Gasteiger partial charge in [0, 0.05) is 6.08 Å². The van der Waals surface area contributed by atoms with Gasteiger partial charge in [0.15, 0.2) is 0 Å². The summed E-state index contributed by atoms with van der Waals surface area (Å²) in [5, 5.41) is 19.0. The van der Waals surface area contributed by atoms with Gasteiger partial charge in [-0.1, -0.05) is 18.2 Å². The lowest BCUT2D eigenvalue weighted by molar-refractivity contribution is -0.400. The van der Waals surface area contributed by atoms with Crippen molar-refractivity contribution in [1.82, 2.24) is 0 Å². The van der Waals surface area contributed by atoms with Crippen LogP contribution in [0.2, 0.25) is 0 Å². The molecule has 14 heavy (non-hydrogen) atoms. The summed E-state index contributed by atoms with van der Waals surface area (Å²) in [5.41, 5.74) is 2.53. The van der Waals surface area contributed by atoms with Gasteiger partial charge in [-0.2, -0.15) is 0 Å². The topological polar surface area (TPSA) is 63.4 Å². The second-order valence-corrected chi connectivity index (χ2v) is 2.95. The lowest BCUT2D eigenvalue weighted by Crippen LogP contribution is -1.89. The summed E-state index contributed by atoms with van der Waals surface area (Å²) >= 11 is 0. The van der Waals surface area contributed by atoms with E-state index in [1.54, 1.807) is 18.2 Å². The van der Waals surface area contributed by atoms with E-state index in [0.717, 1.165) is 22.9 Å². The number of aliphatic hydroxyl groups excluding tert-OH is 1. The zero-order chi connectivity index (χ0) is 10.6. The summed E-state index contributed by atoms with van der Waals surface area (Å²) in [6, 6.07) is 5.29. The van der Waals surface area contributed by atoms with E-state index < -0.39 is 4.92 Å². The van der Waals surface area contributed by atoms with E-state index >= 15 is 0 Å². The summed E-state index contributed by atoms with van der Waals surface area (Å²) in [6.07, 6.45) is 2.32. The summed E-state index contributed by atoms with van der Waals surface area (Å²) in [5.74, 6) is 0. The molecule has 0 bridgehead atoms. The normalized spacial score (nSPS) is 10.7. The number of hydrogen-bond acceptors (Lipinski definition) is 3. The zero-order valence-electron chi connectivity index (χ0n) is 7.80. The summed E-state index contributed by atoms with van der Waals surface area (Å²) in [6.45, 7) is 1.85. The third-order valence-corrected chi connectivity index (χ3v) is 1.93. The number of benzene rings is 1. The highest BCUT2D eigenvalue weighted by Crippen LogP contribution is 2.12. The Labute approximate surface area is 81.6 Å². The Morgan fingerprint density at radius 3 is 2.79 bits per heavy atom. The summed E-state index contributed by atoms with van der Waals surface area (Å²) in [7, 11) is 0. The fourth-order valence-electron chi connectivity index (χ4n) is 1.15. The van der Waals surface area contributed by atoms with Crippen LogP contribution in [-0.2, 0) is 6.61 Å². The molecular weight excluding hydrogens is 182 g/mol. The van der Waals surface area contributed by atoms with Crippen molar-refractivity contribution in [3.8, 4) is 0 Å². The fourth-order valence-corrected chi connectivity index (χ4v) is 1.15. The maximum atomic E-state index is 10.1. The molecule has 0 heterocycles. The first-order valence-corrected chi connectivity index (χ1v) is 4.15. The van der Waals surface area contributed by atoms with E-state index in [4.69, 9.17) is 5.11 Å². The number of hydrogen-bond donors (Lipinski definition) is 1. The van der Waals surface area contributed by atoms with Crippen LogP contribution in [0.5, 0.6) is 0 Å². The van der Waals surface area contributed by atoms with Gasteiger partial charge in [-0.15, -0.1) is 0 Å². The molecular formula is C10H11NO3. The minimum Gasteiger partial charge on any atom is -0.392 e. The number of nitro groups is 1. The lowest BCUT2D eigenvalue weighted by atomic mass is 10.1. The summed E-state index contributed by atoms with van der Waals surface area (Å²) in [4.78, 5) is 9.55. The quantitative estimate of drug-likeness (QED) is 0.587. The van der Waals surface area contributed by atoms with Crippen molar-refractivity contribution < 1.29 is 10.0 Å². The predicted octanol–water partition coefficient (Wildman–Crippen LogP) is 1.73. The minimum absolute atomic E-state index is 0.00887. The van der Waals surface area contributed by atoms with Crippen LogP contribution in [0.15, 0.2) is 24.4 Å². The van der Waals surface area contributed by atoms with E-state index in [1.165, 1.54) is 6.08 Å². The second-order valence-electron chi connectivity index (χ2n) is 2.95. The molecule has 4 heteroatoms. The van der Waals surface area contributed by atoms with E-state index in [1.807, 2.05) is 6.92 Å². The molecule has 0 fully saturated rings. The molecule has 1 rings (SSSR count).